The molecule has 6 nitrogen and oxygen atoms in total. The van der Waals surface area contributed by atoms with E-state index >= 15 is 0 Å². The fourth-order valence-electron chi connectivity index (χ4n) is 3.70. The van der Waals surface area contributed by atoms with E-state index in [0.717, 1.165) is 32.1 Å². The lowest BCUT2D eigenvalue weighted by atomic mass is 10.0. The number of aromatic nitrogens is 4. The molecule has 0 saturated heterocycles. The molecule has 0 spiro atoms. The average Bonchev–Trinajstić information content (AvgIpc) is 3.14. The molecule has 174 valence electrons. The van der Waals surface area contributed by atoms with E-state index in [1.165, 1.54) is 23.0 Å². The topological polar surface area (TPSA) is 69.8 Å². The van der Waals surface area contributed by atoms with E-state index in [1.807, 2.05) is 17.7 Å². The molecule has 0 amide bonds. The molecule has 0 atom stereocenters. The molecule has 2 heterocycles. The average molecular weight is 439 g/mol. The normalized spacial score (nSPS) is 13.4. The molecule has 0 aromatic carbocycles. The van der Waals surface area contributed by atoms with Crippen molar-refractivity contribution in [2.24, 2.45) is 13.0 Å². The lowest BCUT2D eigenvalue weighted by molar-refractivity contribution is -0.115. The largest absolute Gasteiger partial charge is 0.321 e. The number of aryl methyl sites for hydroxylation is 1. The van der Waals surface area contributed by atoms with Gasteiger partial charge in [-0.15, -0.1) is 0 Å². The third kappa shape index (κ3) is 8.06. The summed E-state index contributed by atoms with van der Waals surface area (Å²) >= 11 is 0. The number of carbonyl (C=O) groups is 1. The zero-order chi connectivity index (χ0) is 23.7. The number of imidazole rings is 1. The molecular weight excluding hydrogens is 400 g/mol. The van der Waals surface area contributed by atoms with Gasteiger partial charge in [0.25, 0.3) is 5.56 Å². The van der Waals surface area contributed by atoms with Gasteiger partial charge in [-0.1, -0.05) is 42.7 Å². The Labute approximate surface area is 191 Å². The van der Waals surface area contributed by atoms with Crippen LogP contribution in [0.2, 0.25) is 0 Å². The SMILES string of the molecule is C/C(=C/C(=O)CC(C)C)CCC/C(C)=C/CC/C(C)=C/Cn1cnc2c1c(=O)ncn2C. The maximum absolute atomic E-state index is 12.1. The van der Waals surface area contributed by atoms with E-state index < -0.39 is 0 Å². The molecule has 0 unspecified atom stereocenters. The molecule has 0 N–H and O–H groups in total. The Hall–Kier alpha value is -2.76. The molecule has 2 aromatic rings. The number of carbonyl (C=O) groups excluding carboxylic acids is 1. The summed E-state index contributed by atoms with van der Waals surface area (Å²) in [6.07, 6.45) is 15.2. The van der Waals surface area contributed by atoms with Crippen molar-refractivity contribution in [3.05, 3.63) is 58.0 Å². The Balaban J connectivity index is 1.78. The van der Waals surface area contributed by atoms with Crippen molar-refractivity contribution in [3.63, 3.8) is 0 Å². The van der Waals surface area contributed by atoms with Crippen molar-refractivity contribution in [1.29, 1.82) is 0 Å². The van der Waals surface area contributed by atoms with Crippen molar-refractivity contribution < 1.29 is 4.79 Å². The third-order valence-electron chi connectivity index (χ3n) is 5.53. The van der Waals surface area contributed by atoms with E-state index in [0.29, 0.717) is 30.0 Å². The molecule has 2 rings (SSSR count). The third-order valence-corrected chi connectivity index (χ3v) is 5.53. The van der Waals surface area contributed by atoms with Gasteiger partial charge in [-0.3, -0.25) is 9.59 Å². The molecule has 6 heteroatoms. The first-order valence-corrected chi connectivity index (χ1v) is 11.5. The summed E-state index contributed by atoms with van der Waals surface area (Å²) in [7, 11) is 1.84. The summed E-state index contributed by atoms with van der Waals surface area (Å²) in [6.45, 7) is 11.1. The van der Waals surface area contributed by atoms with E-state index in [4.69, 9.17) is 0 Å². The maximum Gasteiger partial charge on any atom is 0.298 e. The fourth-order valence-corrected chi connectivity index (χ4v) is 3.70. The first-order valence-electron chi connectivity index (χ1n) is 11.5. The van der Waals surface area contributed by atoms with Crippen molar-refractivity contribution in [1.82, 2.24) is 19.1 Å². The van der Waals surface area contributed by atoms with Crippen molar-refractivity contribution >= 4 is 16.9 Å². The molecule has 32 heavy (non-hydrogen) atoms. The number of hydrogen-bond donors (Lipinski definition) is 0. The maximum atomic E-state index is 12.1. The van der Waals surface area contributed by atoms with Crippen LogP contribution >= 0.6 is 0 Å². The van der Waals surface area contributed by atoms with Gasteiger partial charge >= 0.3 is 0 Å². The van der Waals surface area contributed by atoms with Crippen molar-refractivity contribution in [3.8, 4) is 0 Å². The van der Waals surface area contributed by atoms with Crippen LogP contribution in [0.15, 0.2) is 52.4 Å². The summed E-state index contributed by atoms with van der Waals surface area (Å²) < 4.78 is 3.62. The first kappa shape index (κ1) is 25.5. The Bertz CT molecular complexity index is 1070. The van der Waals surface area contributed by atoms with Gasteiger partial charge in [0.2, 0.25) is 0 Å². The summed E-state index contributed by atoms with van der Waals surface area (Å²) in [5.74, 6) is 0.658. The molecule has 2 aromatic heterocycles. The lowest BCUT2D eigenvalue weighted by Gasteiger charge is -2.05. The predicted molar refractivity (Wildman–Crippen MR) is 132 cm³/mol. The quantitative estimate of drug-likeness (QED) is 0.322. The zero-order valence-corrected chi connectivity index (χ0v) is 20.5. The molecular formula is C26H38N4O2. The van der Waals surface area contributed by atoms with Crippen LogP contribution in [0, 0.1) is 5.92 Å². The van der Waals surface area contributed by atoms with Crippen molar-refractivity contribution in [2.75, 3.05) is 0 Å². The van der Waals surface area contributed by atoms with Gasteiger partial charge in [0.15, 0.2) is 16.9 Å². The van der Waals surface area contributed by atoms with Gasteiger partial charge in [0.05, 0.1) is 6.33 Å². The van der Waals surface area contributed by atoms with Crippen LogP contribution < -0.4 is 5.56 Å². The van der Waals surface area contributed by atoms with Crippen LogP contribution in [0.1, 0.15) is 73.1 Å². The number of allylic oxidation sites excluding steroid dienone is 6. The minimum absolute atomic E-state index is 0.241. The highest BCUT2D eigenvalue weighted by Gasteiger charge is 2.08. The highest BCUT2D eigenvalue weighted by molar-refractivity contribution is 5.90. The molecule has 0 saturated carbocycles. The van der Waals surface area contributed by atoms with Crippen LogP contribution in [0.25, 0.3) is 11.2 Å². The van der Waals surface area contributed by atoms with Gasteiger partial charge in [-0.05, 0) is 64.9 Å². The highest BCUT2D eigenvalue weighted by Crippen LogP contribution is 2.15. The van der Waals surface area contributed by atoms with E-state index in [9.17, 15) is 9.59 Å². The summed E-state index contributed by atoms with van der Waals surface area (Å²) in [6, 6.07) is 0. The van der Waals surface area contributed by atoms with Gasteiger partial charge < -0.3 is 9.13 Å². The van der Waals surface area contributed by atoms with Crippen LogP contribution in [0.3, 0.4) is 0 Å². The van der Waals surface area contributed by atoms with Gasteiger partial charge in [-0.25, -0.2) is 4.98 Å². The summed E-state index contributed by atoms with van der Waals surface area (Å²) in [4.78, 5) is 32.2. The minimum atomic E-state index is -0.241. The standard InChI is InChI=1S/C26H38N4O2/c1-19(2)15-23(31)16-22(5)12-8-10-20(3)9-7-11-21(4)13-14-30-18-27-25-24(30)26(32)28-17-29(25)6/h9,13,16-19H,7-8,10-12,14-15H2,1-6H3/b20-9+,21-13+,22-16-. The second-order valence-electron chi connectivity index (χ2n) is 9.28. The molecule has 0 bridgehead atoms. The second kappa shape index (κ2) is 12.3. The van der Waals surface area contributed by atoms with Crippen molar-refractivity contribution in [2.45, 2.75) is 79.7 Å². The minimum Gasteiger partial charge on any atom is -0.321 e. The smallest absolute Gasteiger partial charge is 0.298 e. The van der Waals surface area contributed by atoms with Crippen LogP contribution in [-0.4, -0.2) is 24.9 Å². The van der Waals surface area contributed by atoms with E-state index in [2.05, 4.69) is 56.7 Å². The Morgan fingerprint density at radius 1 is 1.00 bits per heavy atom. The van der Waals surface area contributed by atoms with Crippen LogP contribution in [-0.2, 0) is 18.4 Å². The molecule has 0 aliphatic heterocycles. The van der Waals surface area contributed by atoms with Gasteiger partial charge in [0, 0.05) is 20.0 Å². The number of nitrogens with zero attached hydrogens (tertiary/aromatic N) is 4. The van der Waals surface area contributed by atoms with Crippen LogP contribution in [0.5, 0.6) is 0 Å². The zero-order valence-electron chi connectivity index (χ0n) is 20.5. The monoisotopic (exact) mass is 438 g/mol. The molecule has 0 aliphatic carbocycles. The molecule has 0 fully saturated rings. The summed E-state index contributed by atoms with van der Waals surface area (Å²) in [5, 5.41) is 0. The predicted octanol–water partition coefficient (Wildman–Crippen LogP) is 5.53. The first-order chi connectivity index (χ1) is 15.2. The van der Waals surface area contributed by atoms with Gasteiger partial charge in [0.1, 0.15) is 6.33 Å². The fraction of sp³-hybridized carbons (Fsp3) is 0.538. The Kier molecular flexibility index (Phi) is 9.82. The lowest BCUT2D eigenvalue weighted by Crippen LogP contribution is -2.13. The van der Waals surface area contributed by atoms with E-state index in [1.54, 1.807) is 10.9 Å². The number of rotatable bonds is 12. The number of ketones is 1. The van der Waals surface area contributed by atoms with Gasteiger partial charge in [-0.2, -0.15) is 4.98 Å². The molecule has 0 aliphatic rings. The highest BCUT2D eigenvalue weighted by atomic mass is 16.1. The molecule has 0 radical (unpaired) electrons. The van der Waals surface area contributed by atoms with Crippen LogP contribution in [0.4, 0.5) is 0 Å². The Morgan fingerprint density at radius 2 is 1.69 bits per heavy atom. The Morgan fingerprint density at radius 3 is 2.41 bits per heavy atom. The van der Waals surface area contributed by atoms with E-state index in [-0.39, 0.29) is 11.3 Å². The number of fused-ring (bicyclic) bond motifs is 1. The number of hydrogen-bond acceptors (Lipinski definition) is 4. The summed E-state index contributed by atoms with van der Waals surface area (Å²) in [5.41, 5.74) is 4.83. The second-order valence-corrected chi connectivity index (χ2v) is 9.28.